The Morgan fingerprint density at radius 1 is 1.35 bits per heavy atom. The molecule has 1 aromatic heterocycles. The normalized spacial score (nSPS) is 20.7. The molecule has 0 aliphatic carbocycles. The molecule has 0 unspecified atom stereocenters. The Balaban J connectivity index is 2.30. The van der Waals surface area contributed by atoms with Crippen LogP contribution in [0.3, 0.4) is 0 Å². The lowest BCUT2D eigenvalue weighted by molar-refractivity contribution is 0.436. The van der Waals surface area contributed by atoms with Gasteiger partial charge in [0.1, 0.15) is 4.21 Å². The third-order valence-corrected chi connectivity index (χ3v) is 8.95. The van der Waals surface area contributed by atoms with Gasteiger partial charge in [0.15, 0.2) is 9.84 Å². The predicted molar refractivity (Wildman–Crippen MR) is 80.6 cm³/mol. The summed E-state index contributed by atoms with van der Waals surface area (Å²) in [5.74, 6) is 0.217. The summed E-state index contributed by atoms with van der Waals surface area (Å²) in [6.45, 7) is 2.09. The van der Waals surface area contributed by atoms with E-state index in [9.17, 15) is 16.8 Å². The van der Waals surface area contributed by atoms with Gasteiger partial charge in [-0.1, -0.05) is 0 Å². The molecule has 2 heterocycles. The highest BCUT2D eigenvalue weighted by Crippen LogP contribution is 2.30. The average Bonchev–Trinajstić information content (AvgIpc) is 2.64. The summed E-state index contributed by atoms with van der Waals surface area (Å²) in [5.41, 5.74) is 0.853. The molecule has 1 aliphatic rings. The first-order chi connectivity index (χ1) is 9.26. The molecule has 0 amide bonds. The van der Waals surface area contributed by atoms with Crippen LogP contribution in [0, 0.1) is 6.92 Å². The Labute approximate surface area is 128 Å². The number of aryl methyl sites for hydroxylation is 1. The third kappa shape index (κ3) is 3.36. The summed E-state index contributed by atoms with van der Waals surface area (Å²) in [7, 11) is -6.74. The number of sulfone groups is 1. The standard InChI is InChI=1S/C11H16ClNO4S3/c1-9-7-11(18-10(9)8-12)20(16,17)13-3-2-5-19(14,15)6-4-13/h7H,2-6,8H2,1H3. The summed E-state index contributed by atoms with van der Waals surface area (Å²) >= 11 is 6.92. The number of alkyl halides is 1. The van der Waals surface area contributed by atoms with Crippen LogP contribution in [0.1, 0.15) is 16.9 Å². The molecule has 114 valence electrons. The molecule has 0 radical (unpaired) electrons. The van der Waals surface area contributed by atoms with Crippen molar-refractivity contribution in [1.29, 1.82) is 0 Å². The molecule has 1 fully saturated rings. The van der Waals surface area contributed by atoms with Crippen LogP contribution in [0.5, 0.6) is 0 Å². The van der Waals surface area contributed by atoms with Crippen molar-refractivity contribution in [2.75, 3.05) is 24.6 Å². The van der Waals surface area contributed by atoms with Gasteiger partial charge in [-0.2, -0.15) is 4.31 Å². The van der Waals surface area contributed by atoms with Crippen molar-refractivity contribution in [1.82, 2.24) is 4.31 Å². The quantitative estimate of drug-likeness (QED) is 0.770. The van der Waals surface area contributed by atoms with Crippen LogP contribution < -0.4 is 0 Å². The number of rotatable bonds is 3. The van der Waals surface area contributed by atoms with Crippen molar-refractivity contribution in [3.8, 4) is 0 Å². The van der Waals surface area contributed by atoms with Crippen LogP contribution in [-0.2, 0) is 25.7 Å². The van der Waals surface area contributed by atoms with E-state index >= 15 is 0 Å². The van der Waals surface area contributed by atoms with E-state index in [2.05, 4.69) is 0 Å². The van der Waals surface area contributed by atoms with Gasteiger partial charge < -0.3 is 0 Å². The Bertz CT molecular complexity index is 693. The topological polar surface area (TPSA) is 71.5 Å². The van der Waals surface area contributed by atoms with Gasteiger partial charge in [-0.05, 0) is 25.0 Å². The molecular weight excluding hydrogens is 342 g/mol. The molecule has 0 N–H and O–H groups in total. The highest BCUT2D eigenvalue weighted by Gasteiger charge is 2.30. The first-order valence-corrected chi connectivity index (χ1v) is 10.7. The van der Waals surface area contributed by atoms with E-state index in [0.29, 0.717) is 6.42 Å². The minimum absolute atomic E-state index is 0.0256. The zero-order chi connectivity index (χ0) is 15.0. The number of sulfonamides is 1. The maximum atomic E-state index is 12.5. The Kier molecular flexibility index (Phi) is 4.80. The molecular formula is C11H16ClNO4S3. The van der Waals surface area contributed by atoms with E-state index in [1.54, 1.807) is 6.07 Å². The Morgan fingerprint density at radius 2 is 2.05 bits per heavy atom. The summed E-state index contributed by atoms with van der Waals surface area (Å²) in [4.78, 5) is 0.827. The lowest BCUT2D eigenvalue weighted by atomic mass is 10.3. The van der Waals surface area contributed by atoms with Gasteiger partial charge in [-0.25, -0.2) is 16.8 Å². The molecule has 20 heavy (non-hydrogen) atoms. The van der Waals surface area contributed by atoms with Gasteiger partial charge in [0.25, 0.3) is 10.0 Å². The smallest absolute Gasteiger partial charge is 0.229 e. The zero-order valence-electron chi connectivity index (χ0n) is 11.0. The molecule has 1 saturated heterocycles. The van der Waals surface area contributed by atoms with Crippen LogP contribution >= 0.6 is 22.9 Å². The number of halogens is 1. The third-order valence-electron chi connectivity index (χ3n) is 3.23. The molecule has 1 aliphatic heterocycles. The van der Waals surface area contributed by atoms with E-state index in [-0.39, 0.29) is 34.7 Å². The number of nitrogens with zero attached hydrogens (tertiary/aromatic N) is 1. The van der Waals surface area contributed by atoms with Crippen molar-refractivity contribution in [3.05, 3.63) is 16.5 Å². The molecule has 9 heteroatoms. The number of thiophene rings is 1. The van der Waals surface area contributed by atoms with Crippen molar-refractivity contribution < 1.29 is 16.8 Å². The zero-order valence-corrected chi connectivity index (χ0v) is 14.2. The molecule has 2 rings (SSSR count). The van der Waals surface area contributed by atoms with Gasteiger partial charge in [0.05, 0.1) is 17.4 Å². The highest BCUT2D eigenvalue weighted by atomic mass is 35.5. The van der Waals surface area contributed by atoms with Gasteiger partial charge in [0, 0.05) is 18.0 Å². The minimum Gasteiger partial charge on any atom is -0.229 e. The van der Waals surface area contributed by atoms with Crippen molar-refractivity contribution >= 4 is 42.8 Å². The summed E-state index contributed by atoms with van der Waals surface area (Å²) < 4.78 is 49.7. The monoisotopic (exact) mass is 357 g/mol. The lowest BCUT2D eigenvalue weighted by Gasteiger charge is -2.18. The second kappa shape index (κ2) is 5.92. The van der Waals surface area contributed by atoms with E-state index in [1.165, 1.54) is 4.31 Å². The average molecular weight is 358 g/mol. The molecule has 0 atom stereocenters. The van der Waals surface area contributed by atoms with Gasteiger partial charge >= 0.3 is 0 Å². The van der Waals surface area contributed by atoms with E-state index in [4.69, 9.17) is 11.6 Å². The summed E-state index contributed by atoms with van der Waals surface area (Å²) in [6, 6.07) is 1.61. The van der Waals surface area contributed by atoms with Crippen molar-refractivity contribution in [2.45, 2.75) is 23.4 Å². The molecule has 0 aromatic carbocycles. The highest BCUT2D eigenvalue weighted by molar-refractivity contribution is 7.92. The fourth-order valence-corrected chi connectivity index (χ4v) is 6.87. The van der Waals surface area contributed by atoms with Crippen molar-refractivity contribution in [2.24, 2.45) is 0 Å². The largest absolute Gasteiger partial charge is 0.252 e. The van der Waals surface area contributed by atoms with Gasteiger partial charge in [-0.3, -0.25) is 0 Å². The maximum Gasteiger partial charge on any atom is 0.252 e. The molecule has 1 aromatic rings. The van der Waals surface area contributed by atoms with Gasteiger partial charge in [-0.15, -0.1) is 22.9 Å². The predicted octanol–water partition coefficient (Wildman–Crippen LogP) is 1.60. The van der Waals surface area contributed by atoms with Crippen LogP contribution in [0.4, 0.5) is 0 Å². The molecule has 0 bridgehead atoms. The number of hydrogen-bond donors (Lipinski definition) is 0. The molecule has 5 nitrogen and oxygen atoms in total. The van der Waals surface area contributed by atoms with E-state index in [0.717, 1.165) is 21.8 Å². The summed E-state index contributed by atoms with van der Waals surface area (Å²) in [6.07, 6.45) is 0.342. The molecule has 0 spiro atoms. The SMILES string of the molecule is Cc1cc(S(=O)(=O)N2CCCS(=O)(=O)CC2)sc1CCl. The van der Waals surface area contributed by atoms with E-state index in [1.807, 2.05) is 6.92 Å². The second-order valence-electron chi connectivity index (χ2n) is 4.71. The van der Waals surface area contributed by atoms with Gasteiger partial charge in [0.2, 0.25) is 0 Å². The first-order valence-electron chi connectivity index (χ1n) is 6.12. The van der Waals surface area contributed by atoms with Crippen LogP contribution in [0.25, 0.3) is 0 Å². The van der Waals surface area contributed by atoms with Crippen LogP contribution in [-0.4, -0.2) is 45.7 Å². The first kappa shape index (κ1) is 16.2. The van der Waals surface area contributed by atoms with Crippen LogP contribution in [0.2, 0.25) is 0 Å². The van der Waals surface area contributed by atoms with E-state index < -0.39 is 19.9 Å². The summed E-state index contributed by atoms with van der Waals surface area (Å²) in [5, 5.41) is 0. The molecule has 0 saturated carbocycles. The fraction of sp³-hybridized carbons (Fsp3) is 0.636. The second-order valence-corrected chi connectivity index (χ2v) is 10.6. The lowest BCUT2D eigenvalue weighted by Crippen LogP contribution is -2.33. The van der Waals surface area contributed by atoms with Crippen molar-refractivity contribution in [3.63, 3.8) is 0 Å². The fourth-order valence-electron chi connectivity index (χ4n) is 2.03. The maximum absolute atomic E-state index is 12.5. The van der Waals surface area contributed by atoms with Crippen LogP contribution in [0.15, 0.2) is 10.3 Å². The minimum atomic E-state index is -3.62. The Morgan fingerprint density at radius 3 is 2.65 bits per heavy atom. The number of hydrogen-bond acceptors (Lipinski definition) is 5. The Hall–Kier alpha value is -0.150.